The molecular formula is C14H14N2O5S. The van der Waals surface area contributed by atoms with Gasteiger partial charge in [0.15, 0.2) is 5.37 Å². The number of rotatable bonds is 4. The van der Waals surface area contributed by atoms with Gasteiger partial charge in [-0.2, -0.15) is 0 Å². The van der Waals surface area contributed by atoms with Gasteiger partial charge in [0.05, 0.1) is 12.5 Å². The summed E-state index contributed by atoms with van der Waals surface area (Å²) in [4.78, 5) is 36.3. The molecule has 0 saturated carbocycles. The monoisotopic (exact) mass is 322 g/mol. The number of amides is 2. The average Bonchev–Trinajstić information content (AvgIpc) is 2.88. The number of benzene rings is 1. The molecule has 1 aromatic carbocycles. The van der Waals surface area contributed by atoms with Crippen LogP contribution in [0.1, 0.15) is 5.56 Å². The highest BCUT2D eigenvalue weighted by molar-refractivity contribution is 8.00. The van der Waals surface area contributed by atoms with Gasteiger partial charge in [-0.1, -0.05) is 18.2 Å². The Morgan fingerprint density at radius 1 is 1.36 bits per heavy atom. The summed E-state index contributed by atoms with van der Waals surface area (Å²) < 4.78 is 0. The molecule has 2 heterocycles. The van der Waals surface area contributed by atoms with Crippen LogP contribution in [0.5, 0.6) is 5.75 Å². The number of nitrogens with one attached hydrogen (secondary N) is 1. The van der Waals surface area contributed by atoms with Crippen LogP contribution < -0.4 is 5.32 Å². The Morgan fingerprint density at radius 2 is 2.09 bits per heavy atom. The lowest BCUT2D eigenvalue weighted by Crippen LogP contribution is -2.71. The highest BCUT2D eigenvalue weighted by Gasteiger charge is 2.57. The molecule has 0 aliphatic carbocycles. The number of β-lactam (4-membered cyclic amide) rings is 1. The van der Waals surface area contributed by atoms with Gasteiger partial charge in [0.2, 0.25) is 11.8 Å². The normalized spacial score (nSPS) is 26.3. The van der Waals surface area contributed by atoms with Crippen molar-refractivity contribution in [3.05, 3.63) is 29.8 Å². The number of nitrogens with zero attached hydrogens (tertiary/aromatic N) is 1. The Bertz CT molecular complexity index is 650. The second-order valence-electron chi connectivity index (χ2n) is 5.19. The first kappa shape index (κ1) is 14.7. The van der Waals surface area contributed by atoms with E-state index in [-0.39, 0.29) is 30.0 Å². The van der Waals surface area contributed by atoms with Crippen LogP contribution in [0.15, 0.2) is 24.3 Å². The summed E-state index contributed by atoms with van der Waals surface area (Å²) in [6, 6.07) is 5.55. The number of carboxylic acids is 1. The first-order chi connectivity index (χ1) is 10.5. The van der Waals surface area contributed by atoms with Gasteiger partial charge in [0, 0.05) is 11.3 Å². The molecule has 3 atom stereocenters. The highest BCUT2D eigenvalue weighted by Crippen LogP contribution is 2.38. The molecule has 0 spiro atoms. The van der Waals surface area contributed by atoms with Gasteiger partial charge in [0.1, 0.15) is 11.8 Å². The highest BCUT2D eigenvalue weighted by atomic mass is 32.2. The van der Waals surface area contributed by atoms with Crippen molar-refractivity contribution in [2.24, 2.45) is 0 Å². The molecule has 3 N–H and O–H groups in total. The zero-order valence-corrected chi connectivity index (χ0v) is 12.2. The molecule has 2 saturated heterocycles. The van der Waals surface area contributed by atoms with Crippen LogP contribution in [0.2, 0.25) is 0 Å². The predicted octanol–water partition coefficient (Wildman–Crippen LogP) is -0.212. The minimum Gasteiger partial charge on any atom is -0.508 e. The Morgan fingerprint density at radius 3 is 2.77 bits per heavy atom. The number of phenols is 1. The van der Waals surface area contributed by atoms with Crippen LogP contribution >= 0.6 is 11.8 Å². The van der Waals surface area contributed by atoms with Crippen LogP contribution in [-0.4, -0.2) is 56.1 Å². The maximum Gasteiger partial charge on any atom is 0.337 e. The van der Waals surface area contributed by atoms with Crippen molar-refractivity contribution < 1.29 is 24.6 Å². The number of phenolic OH excluding ortho intramolecular Hbond substituents is 1. The fourth-order valence-corrected chi connectivity index (χ4v) is 4.01. The van der Waals surface area contributed by atoms with E-state index in [4.69, 9.17) is 5.11 Å². The Kier molecular flexibility index (Phi) is 3.69. The molecule has 2 amide bonds. The summed E-state index contributed by atoms with van der Waals surface area (Å²) in [5, 5.41) is 20.4. The van der Waals surface area contributed by atoms with Crippen LogP contribution in [-0.2, 0) is 20.8 Å². The van der Waals surface area contributed by atoms with Gasteiger partial charge in [-0.3, -0.25) is 9.59 Å². The number of aliphatic carboxylic acids is 1. The quantitative estimate of drug-likeness (QED) is 0.662. The SMILES string of the molecule is O=C(Cc1ccccc1O)N[C@H]1C(=O)N2C(C(=O)O)SCC12. The van der Waals surface area contributed by atoms with Crippen molar-refractivity contribution in [3.63, 3.8) is 0 Å². The van der Waals surface area contributed by atoms with E-state index < -0.39 is 17.4 Å². The topological polar surface area (TPSA) is 107 Å². The minimum atomic E-state index is -1.04. The van der Waals surface area contributed by atoms with Gasteiger partial charge in [0.25, 0.3) is 0 Å². The average molecular weight is 322 g/mol. The lowest BCUT2D eigenvalue weighted by Gasteiger charge is -2.43. The molecule has 2 aliphatic heterocycles. The minimum absolute atomic E-state index is 0.0291. The number of thioether (sulfide) groups is 1. The standard InChI is InChI=1S/C14H14N2O5S/c17-9-4-2-1-3-7(9)5-10(18)15-11-8-6-22-13(14(20)21)16(8)12(11)19/h1-4,8,11,13,17H,5-6H2,(H,15,18)(H,20,21)/t8?,11-,13?/m1/s1. The summed E-state index contributed by atoms with van der Waals surface area (Å²) in [6.07, 6.45) is -0.0291. The third-order valence-electron chi connectivity index (χ3n) is 3.81. The van der Waals surface area contributed by atoms with Gasteiger partial charge >= 0.3 is 5.97 Å². The van der Waals surface area contributed by atoms with Gasteiger partial charge in [-0.05, 0) is 6.07 Å². The number of carbonyl (C=O) groups is 3. The van der Waals surface area contributed by atoms with Crippen molar-refractivity contribution in [2.75, 3.05) is 5.75 Å². The summed E-state index contributed by atoms with van der Waals surface area (Å²) >= 11 is 1.18. The maximum atomic E-state index is 12.0. The number of hydrogen-bond acceptors (Lipinski definition) is 5. The van der Waals surface area contributed by atoms with E-state index >= 15 is 0 Å². The fourth-order valence-electron chi connectivity index (χ4n) is 2.71. The Hall–Kier alpha value is -2.22. The van der Waals surface area contributed by atoms with E-state index in [2.05, 4.69) is 5.32 Å². The Balaban J connectivity index is 1.61. The van der Waals surface area contributed by atoms with Crippen molar-refractivity contribution >= 4 is 29.5 Å². The number of para-hydroxylation sites is 1. The second kappa shape index (κ2) is 5.53. The van der Waals surface area contributed by atoms with Crippen LogP contribution in [0.25, 0.3) is 0 Å². The zero-order chi connectivity index (χ0) is 15.9. The van der Waals surface area contributed by atoms with Crippen molar-refractivity contribution in [1.29, 1.82) is 0 Å². The molecule has 22 heavy (non-hydrogen) atoms. The second-order valence-corrected chi connectivity index (χ2v) is 6.30. The maximum absolute atomic E-state index is 12.0. The van der Waals surface area contributed by atoms with Gasteiger partial charge in [-0.25, -0.2) is 4.79 Å². The van der Waals surface area contributed by atoms with Crippen LogP contribution in [0.3, 0.4) is 0 Å². The molecule has 0 radical (unpaired) electrons. The fraction of sp³-hybridized carbons (Fsp3) is 0.357. The summed E-state index contributed by atoms with van der Waals surface area (Å²) in [5.41, 5.74) is 0.479. The van der Waals surface area contributed by atoms with E-state index in [1.807, 2.05) is 0 Å². The molecule has 0 aromatic heterocycles. The summed E-state index contributed by atoms with van der Waals surface area (Å²) in [5.74, 6) is -1.26. The van der Waals surface area contributed by atoms with Crippen LogP contribution in [0, 0.1) is 0 Å². The first-order valence-electron chi connectivity index (χ1n) is 6.72. The number of hydrogen-bond donors (Lipinski definition) is 3. The molecular weight excluding hydrogens is 308 g/mol. The zero-order valence-electron chi connectivity index (χ0n) is 11.4. The number of carbonyl (C=O) groups excluding carboxylic acids is 2. The lowest BCUT2D eigenvalue weighted by atomic mass is 9.96. The van der Waals surface area contributed by atoms with E-state index in [0.29, 0.717) is 11.3 Å². The first-order valence-corrected chi connectivity index (χ1v) is 7.76. The van der Waals surface area contributed by atoms with Gasteiger partial charge in [-0.15, -0.1) is 11.8 Å². The number of aromatic hydroxyl groups is 1. The van der Waals surface area contributed by atoms with E-state index in [1.54, 1.807) is 18.2 Å². The molecule has 0 bridgehead atoms. The van der Waals surface area contributed by atoms with Crippen molar-refractivity contribution in [1.82, 2.24) is 10.2 Å². The molecule has 116 valence electrons. The summed E-state index contributed by atoms with van der Waals surface area (Å²) in [6.45, 7) is 0. The van der Waals surface area contributed by atoms with E-state index in [0.717, 1.165) is 0 Å². The molecule has 2 aliphatic rings. The largest absolute Gasteiger partial charge is 0.508 e. The Labute approximate surface area is 130 Å². The number of carboxylic acid groups (broad SMARTS) is 1. The van der Waals surface area contributed by atoms with Crippen molar-refractivity contribution in [3.8, 4) is 5.75 Å². The third kappa shape index (κ3) is 2.39. The summed E-state index contributed by atoms with van der Waals surface area (Å²) in [7, 11) is 0. The lowest BCUT2D eigenvalue weighted by molar-refractivity contribution is -0.159. The van der Waals surface area contributed by atoms with Crippen molar-refractivity contribution in [2.45, 2.75) is 23.9 Å². The molecule has 7 nitrogen and oxygen atoms in total. The molecule has 1 aromatic rings. The van der Waals surface area contributed by atoms with E-state index in [1.165, 1.54) is 22.7 Å². The molecule has 8 heteroatoms. The van der Waals surface area contributed by atoms with Gasteiger partial charge < -0.3 is 20.4 Å². The molecule has 2 fully saturated rings. The van der Waals surface area contributed by atoms with Crippen LogP contribution in [0.4, 0.5) is 0 Å². The third-order valence-corrected chi connectivity index (χ3v) is 5.09. The van der Waals surface area contributed by atoms with E-state index in [9.17, 15) is 19.5 Å². The predicted molar refractivity (Wildman–Crippen MR) is 78.3 cm³/mol. The molecule has 3 rings (SSSR count). The smallest absolute Gasteiger partial charge is 0.337 e. The molecule has 2 unspecified atom stereocenters. The number of fused-ring (bicyclic) bond motifs is 1.